The van der Waals surface area contributed by atoms with Crippen LogP contribution < -0.4 is 5.73 Å². The summed E-state index contributed by atoms with van der Waals surface area (Å²) in [5.74, 6) is -0.379. The highest BCUT2D eigenvalue weighted by molar-refractivity contribution is 5.81. The summed E-state index contributed by atoms with van der Waals surface area (Å²) in [5, 5.41) is 0. The van der Waals surface area contributed by atoms with Crippen LogP contribution in [0.5, 0.6) is 0 Å². The van der Waals surface area contributed by atoms with Crippen molar-refractivity contribution in [2.75, 3.05) is 7.11 Å². The number of benzene rings is 2. The molecule has 0 amide bonds. The minimum absolute atomic E-state index is 0.266. The van der Waals surface area contributed by atoms with Gasteiger partial charge in [-0.3, -0.25) is 4.79 Å². The van der Waals surface area contributed by atoms with Crippen LogP contribution in [0.2, 0.25) is 0 Å². The van der Waals surface area contributed by atoms with Crippen molar-refractivity contribution in [3.8, 4) is 0 Å². The van der Waals surface area contributed by atoms with Crippen LogP contribution in [-0.4, -0.2) is 19.1 Å². The van der Waals surface area contributed by atoms with Gasteiger partial charge in [-0.05, 0) is 35.1 Å². The number of carbonyl (C=O) groups excluding carboxylic acids is 1. The van der Waals surface area contributed by atoms with Gasteiger partial charge >= 0.3 is 5.97 Å². The Labute approximate surface area is 148 Å². The average molecular weight is 341 g/mol. The largest absolute Gasteiger partial charge is 0.468 e. The lowest BCUT2D eigenvalue weighted by Crippen LogP contribution is -2.30. The van der Waals surface area contributed by atoms with E-state index in [0.29, 0.717) is 17.1 Å². The monoisotopic (exact) mass is 341 g/mol. The molecule has 0 fully saturated rings. The van der Waals surface area contributed by atoms with Crippen molar-refractivity contribution in [3.63, 3.8) is 0 Å². The summed E-state index contributed by atoms with van der Waals surface area (Å²) in [6, 6.07) is 13.8. The fraction of sp³-hybridized carbons (Fsp3) is 0.286. The average Bonchev–Trinajstić information content (AvgIpc) is 2.62. The summed E-state index contributed by atoms with van der Waals surface area (Å²) in [6.07, 6.45) is 2.06. The summed E-state index contributed by atoms with van der Waals surface area (Å²) in [7, 11) is 1.30. The van der Waals surface area contributed by atoms with Gasteiger partial charge < -0.3 is 10.5 Å². The first-order valence-electron chi connectivity index (χ1n) is 8.32. The van der Waals surface area contributed by atoms with Crippen molar-refractivity contribution < 1.29 is 13.9 Å². The number of hydrogen-bond acceptors (Lipinski definition) is 3. The van der Waals surface area contributed by atoms with Crippen LogP contribution in [0.1, 0.15) is 42.9 Å². The quantitative estimate of drug-likeness (QED) is 0.798. The van der Waals surface area contributed by atoms with Gasteiger partial charge in [-0.15, -0.1) is 0 Å². The summed E-state index contributed by atoms with van der Waals surface area (Å²) in [4.78, 5) is 11.5. The fourth-order valence-electron chi connectivity index (χ4n) is 2.60. The number of esters is 1. The molecule has 0 saturated heterocycles. The fourth-order valence-corrected chi connectivity index (χ4v) is 2.60. The number of ether oxygens (including phenoxy) is 1. The first-order valence-corrected chi connectivity index (χ1v) is 8.32. The molecule has 25 heavy (non-hydrogen) atoms. The van der Waals surface area contributed by atoms with E-state index >= 15 is 0 Å². The van der Waals surface area contributed by atoms with Crippen LogP contribution in [0.4, 0.5) is 4.39 Å². The van der Waals surface area contributed by atoms with Gasteiger partial charge in [-0.25, -0.2) is 4.39 Å². The maximum Gasteiger partial charge on any atom is 0.322 e. The Morgan fingerprint density at radius 3 is 2.36 bits per heavy atom. The van der Waals surface area contributed by atoms with E-state index in [1.165, 1.54) is 18.7 Å². The SMILES string of the molecule is COC(=O)C(N)C/C=C(\c1ccc(C(C)C)cc1)c1ccccc1F. The Kier molecular flexibility index (Phi) is 6.48. The zero-order valence-electron chi connectivity index (χ0n) is 14.8. The molecule has 0 radical (unpaired) electrons. The molecule has 3 nitrogen and oxygen atoms in total. The third kappa shape index (κ3) is 4.77. The Morgan fingerprint density at radius 2 is 1.80 bits per heavy atom. The Bertz CT molecular complexity index is 751. The molecule has 1 atom stereocenters. The first-order chi connectivity index (χ1) is 11.9. The highest BCUT2D eigenvalue weighted by atomic mass is 19.1. The van der Waals surface area contributed by atoms with E-state index in [-0.39, 0.29) is 12.2 Å². The summed E-state index contributed by atoms with van der Waals surface area (Å²) >= 11 is 0. The molecule has 0 heterocycles. The van der Waals surface area contributed by atoms with Crippen LogP contribution in [0, 0.1) is 5.82 Å². The summed E-state index contributed by atoms with van der Waals surface area (Å²) in [6.45, 7) is 4.25. The van der Waals surface area contributed by atoms with Crippen molar-refractivity contribution in [1.29, 1.82) is 0 Å². The van der Waals surface area contributed by atoms with Gasteiger partial charge in [0.05, 0.1) is 7.11 Å². The maximum atomic E-state index is 14.3. The highest BCUT2D eigenvalue weighted by Crippen LogP contribution is 2.28. The van der Waals surface area contributed by atoms with Gasteiger partial charge in [0.25, 0.3) is 0 Å². The number of halogens is 1. The maximum absolute atomic E-state index is 14.3. The van der Waals surface area contributed by atoms with Crippen molar-refractivity contribution in [2.45, 2.75) is 32.2 Å². The standard InChI is InChI=1S/C21H24FNO2/c1-14(2)15-8-10-16(11-9-15)17(12-13-20(23)21(24)25-3)18-6-4-5-7-19(18)22/h4-12,14,20H,13,23H2,1-3H3/b17-12+. The molecule has 0 saturated carbocycles. The predicted molar refractivity (Wildman–Crippen MR) is 98.6 cm³/mol. The molecule has 2 N–H and O–H groups in total. The van der Waals surface area contributed by atoms with E-state index in [4.69, 9.17) is 5.73 Å². The smallest absolute Gasteiger partial charge is 0.322 e. The van der Waals surface area contributed by atoms with Crippen molar-refractivity contribution in [2.24, 2.45) is 5.73 Å². The molecule has 0 bridgehead atoms. The predicted octanol–water partition coefficient (Wildman–Crippen LogP) is 4.27. The van der Waals surface area contributed by atoms with E-state index in [0.717, 1.165) is 5.56 Å². The molecule has 4 heteroatoms. The molecule has 2 aromatic carbocycles. The molecule has 0 aliphatic rings. The molecule has 132 valence electrons. The second-order valence-corrected chi connectivity index (χ2v) is 6.24. The van der Waals surface area contributed by atoms with Gasteiger partial charge in [0.1, 0.15) is 11.9 Å². The summed E-state index contributed by atoms with van der Waals surface area (Å²) < 4.78 is 19.0. The number of nitrogens with two attached hydrogens (primary N) is 1. The molecule has 2 rings (SSSR count). The van der Waals surface area contributed by atoms with Crippen molar-refractivity contribution in [1.82, 2.24) is 0 Å². The molecular weight excluding hydrogens is 317 g/mol. The van der Waals surface area contributed by atoms with Crippen LogP contribution in [0.3, 0.4) is 0 Å². The van der Waals surface area contributed by atoms with Crippen molar-refractivity contribution >= 4 is 11.5 Å². The van der Waals surface area contributed by atoms with Crippen LogP contribution in [-0.2, 0) is 9.53 Å². The second kappa shape index (κ2) is 8.58. The first kappa shape index (κ1) is 18.9. The van der Waals surface area contributed by atoms with Gasteiger partial charge in [-0.1, -0.05) is 62.4 Å². The number of methoxy groups -OCH3 is 1. The second-order valence-electron chi connectivity index (χ2n) is 6.24. The van der Waals surface area contributed by atoms with E-state index in [1.807, 2.05) is 24.3 Å². The van der Waals surface area contributed by atoms with Gasteiger partial charge in [0, 0.05) is 5.56 Å². The Hall–Kier alpha value is -2.46. The van der Waals surface area contributed by atoms with Crippen LogP contribution in [0.25, 0.3) is 5.57 Å². The minimum atomic E-state index is -0.776. The minimum Gasteiger partial charge on any atom is -0.468 e. The number of rotatable bonds is 6. The molecule has 2 aromatic rings. The summed E-state index contributed by atoms with van der Waals surface area (Å²) in [5.41, 5.74) is 9.11. The van der Waals surface area contributed by atoms with Gasteiger partial charge in [0.2, 0.25) is 0 Å². The number of hydrogen-bond donors (Lipinski definition) is 1. The molecule has 0 aromatic heterocycles. The lowest BCUT2D eigenvalue weighted by atomic mass is 9.93. The Balaban J connectivity index is 2.42. The zero-order valence-corrected chi connectivity index (χ0v) is 14.8. The topological polar surface area (TPSA) is 52.3 Å². The van der Waals surface area contributed by atoms with Crippen LogP contribution >= 0.6 is 0 Å². The third-order valence-corrected chi connectivity index (χ3v) is 4.13. The molecule has 0 aliphatic carbocycles. The third-order valence-electron chi connectivity index (χ3n) is 4.13. The zero-order chi connectivity index (χ0) is 18.4. The molecule has 0 aliphatic heterocycles. The van der Waals surface area contributed by atoms with E-state index in [9.17, 15) is 9.18 Å². The van der Waals surface area contributed by atoms with E-state index < -0.39 is 12.0 Å². The van der Waals surface area contributed by atoms with E-state index in [1.54, 1.807) is 24.3 Å². The molecule has 1 unspecified atom stereocenters. The van der Waals surface area contributed by atoms with Gasteiger partial charge in [0.15, 0.2) is 0 Å². The lowest BCUT2D eigenvalue weighted by molar-refractivity contribution is -0.142. The number of carbonyl (C=O) groups is 1. The molecular formula is C21H24FNO2. The van der Waals surface area contributed by atoms with Crippen molar-refractivity contribution in [3.05, 3.63) is 77.1 Å². The normalized spacial score (nSPS) is 13.0. The molecule has 0 spiro atoms. The van der Waals surface area contributed by atoms with Crippen LogP contribution in [0.15, 0.2) is 54.6 Å². The highest BCUT2D eigenvalue weighted by Gasteiger charge is 2.15. The lowest BCUT2D eigenvalue weighted by Gasteiger charge is -2.13. The van der Waals surface area contributed by atoms with E-state index in [2.05, 4.69) is 18.6 Å². The van der Waals surface area contributed by atoms with Gasteiger partial charge in [-0.2, -0.15) is 0 Å². The Morgan fingerprint density at radius 1 is 1.16 bits per heavy atom.